The zero-order chi connectivity index (χ0) is 20.6. The van der Waals surface area contributed by atoms with Gasteiger partial charge in [0, 0.05) is 18.8 Å². The molecule has 3 aromatic rings. The van der Waals surface area contributed by atoms with Crippen LogP contribution in [0.4, 0.5) is 18.3 Å². The molecule has 29 heavy (non-hydrogen) atoms. The van der Waals surface area contributed by atoms with Gasteiger partial charge in [-0.15, -0.1) is 13.2 Å². The summed E-state index contributed by atoms with van der Waals surface area (Å²) in [4.78, 5) is 29.3. The van der Waals surface area contributed by atoms with Gasteiger partial charge in [0.2, 0.25) is 5.91 Å². The van der Waals surface area contributed by atoms with Crippen molar-refractivity contribution in [3.05, 3.63) is 54.5 Å². The summed E-state index contributed by atoms with van der Waals surface area (Å²) in [6.07, 6.45) is -0.933. The van der Waals surface area contributed by atoms with Crippen LogP contribution in [-0.2, 0) is 4.79 Å². The Bertz CT molecular complexity index is 1070. The lowest BCUT2D eigenvalue weighted by atomic mass is 10.0. The SMILES string of the molecule is O=C1CCC(C(=O)Nc2ncc(-c3cccc(OC(F)(F)F)c3)s2)n2cccc21. The molecular formula is C19H14F3N3O3S. The van der Waals surface area contributed by atoms with Gasteiger partial charge >= 0.3 is 6.36 Å². The number of carbonyl (C=O) groups is 2. The van der Waals surface area contributed by atoms with E-state index in [-0.39, 0.29) is 23.9 Å². The summed E-state index contributed by atoms with van der Waals surface area (Å²) >= 11 is 1.13. The zero-order valence-corrected chi connectivity index (χ0v) is 15.6. The number of Topliss-reactive ketones (excluding diaryl/α,β-unsaturated/α-hetero) is 1. The second-order valence-electron chi connectivity index (χ2n) is 6.37. The molecule has 0 spiro atoms. The molecule has 1 unspecified atom stereocenters. The second-order valence-corrected chi connectivity index (χ2v) is 7.40. The molecule has 1 aliphatic rings. The van der Waals surface area contributed by atoms with Crippen molar-refractivity contribution in [1.29, 1.82) is 0 Å². The summed E-state index contributed by atoms with van der Waals surface area (Å²) in [6, 6.07) is 8.41. The zero-order valence-electron chi connectivity index (χ0n) is 14.8. The first-order chi connectivity index (χ1) is 13.8. The molecule has 6 nitrogen and oxygen atoms in total. The number of halogens is 3. The molecule has 0 saturated carbocycles. The molecule has 2 aromatic heterocycles. The van der Waals surface area contributed by atoms with E-state index < -0.39 is 12.4 Å². The van der Waals surface area contributed by atoms with E-state index >= 15 is 0 Å². The molecule has 150 valence electrons. The molecule has 0 saturated heterocycles. The standard InChI is InChI=1S/C19H14F3N3O3S/c20-19(21,22)28-12-4-1-3-11(9-12)16-10-23-18(29-16)24-17(27)14-6-7-15(26)13-5-2-8-25(13)14/h1-5,8-10,14H,6-7H2,(H,23,24,27). The lowest BCUT2D eigenvalue weighted by Crippen LogP contribution is -2.31. The number of thiazole rings is 1. The summed E-state index contributed by atoms with van der Waals surface area (Å²) in [5.41, 5.74) is 0.985. The molecule has 0 radical (unpaired) electrons. The highest BCUT2D eigenvalue weighted by molar-refractivity contribution is 7.19. The molecule has 0 aliphatic carbocycles. The number of amides is 1. The first kappa shape index (κ1) is 19.2. The number of benzene rings is 1. The van der Waals surface area contributed by atoms with Crippen molar-refractivity contribution < 1.29 is 27.5 Å². The normalized spacial score (nSPS) is 16.4. The summed E-state index contributed by atoms with van der Waals surface area (Å²) in [5.74, 6) is -0.637. The van der Waals surface area contributed by atoms with Gasteiger partial charge in [0.15, 0.2) is 10.9 Å². The number of ether oxygens (including phenoxy) is 1. The number of nitrogens with one attached hydrogen (secondary N) is 1. The number of hydrogen-bond donors (Lipinski definition) is 1. The highest BCUT2D eigenvalue weighted by Crippen LogP contribution is 2.33. The number of fused-ring (bicyclic) bond motifs is 1. The first-order valence-electron chi connectivity index (χ1n) is 8.63. The third-order valence-electron chi connectivity index (χ3n) is 4.44. The molecule has 4 rings (SSSR count). The smallest absolute Gasteiger partial charge is 0.406 e. The van der Waals surface area contributed by atoms with E-state index in [0.717, 1.165) is 11.3 Å². The number of ketones is 1. The number of rotatable bonds is 4. The van der Waals surface area contributed by atoms with Gasteiger partial charge in [-0.05, 0) is 36.2 Å². The fraction of sp³-hybridized carbons (Fsp3) is 0.211. The average molecular weight is 421 g/mol. The van der Waals surface area contributed by atoms with Crippen molar-refractivity contribution >= 4 is 28.2 Å². The van der Waals surface area contributed by atoms with E-state index in [1.807, 2.05) is 0 Å². The van der Waals surface area contributed by atoms with Gasteiger partial charge in [-0.2, -0.15) is 0 Å². The fourth-order valence-corrected chi connectivity index (χ4v) is 4.01. The van der Waals surface area contributed by atoms with E-state index in [0.29, 0.717) is 27.7 Å². The summed E-state index contributed by atoms with van der Waals surface area (Å²) in [6.45, 7) is 0. The minimum atomic E-state index is -4.77. The molecular weight excluding hydrogens is 407 g/mol. The molecule has 1 N–H and O–H groups in total. The Labute approximate surface area is 166 Å². The third-order valence-corrected chi connectivity index (χ3v) is 5.40. The Morgan fingerprint density at radius 1 is 1.28 bits per heavy atom. The van der Waals surface area contributed by atoms with Gasteiger partial charge < -0.3 is 14.6 Å². The van der Waals surface area contributed by atoms with Crippen molar-refractivity contribution in [2.75, 3.05) is 5.32 Å². The van der Waals surface area contributed by atoms with Crippen LogP contribution in [0.5, 0.6) is 5.75 Å². The van der Waals surface area contributed by atoms with Crippen LogP contribution in [-0.4, -0.2) is 27.6 Å². The number of hydrogen-bond acceptors (Lipinski definition) is 5. The minimum absolute atomic E-state index is 0.00320. The van der Waals surface area contributed by atoms with Crippen molar-refractivity contribution in [2.24, 2.45) is 0 Å². The number of carbonyl (C=O) groups excluding carboxylic acids is 2. The van der Waals surface area contributed by atoms with Gasteiger partial charge in [0.05, 0.1) is 10.6 Å². The lowest BCUT2D eigenvalue weighted by molar-refractivity contribution is -0.274. The molecule has 1 amide bonds. The Hall–Kier alpha value is -3.14. The number of anilines is 1. The van der Waals surface area contributed by atoms with Crippen molar-refractivity contribution in [3.8, 4) is 16.2 Å². The highest BCUT2D eigenvalue weighted by Gasteiger charge is 2.31. The van der Waals surface area contributed by atoms with E-state index in [2.05, 4.69) is 15.0 Å². The Kier molecular flexibility index (Phi) is 4.87. The van der Waals surface area contributed by atoms with Crippen molar-refractivity contribution in [2.45, 2.75) is 25.2 Å². The maximum atomic E-state index is 12.7. The number of alkyl halides is 3. The van der Waals surface area contributed by atoms with Crippen LogP contribution in [0, 0.1) is 0 Å². The highest BCUT2D eigenvalue weighted by atomic mass is 32.1. The molecule has 10 heteroatoms. The molecule has 0 fully saturated rings. The summed E-state index contributed by atoms with van der Waals surface area (Å²) in [7, 11) is 0. The summed E-state index contributed by atoms with van der Waals surface area (Å²) < 4.78 is 42.8. The maximum Gasteiger partial charge on any atom is 0.573 e. The quantitative estimate of drug-likeness (QED) is 0.665. The van der Waals surface area contributed by atoms with Crippen molar-refractivity contribution in [1.82, 2.24) is 9.55 Å². The van der Waals surface area contributed by atoms with Gasteiger partial charge in [-0.1, -0.05) is 23.5 Å². The largest absolute Gasteiger partial charge is 0.573 e. The molecule has 3 heterocycles. The van der Waals surface area contributed by atoms with Crippen LogP contribution in [0.1, 0.15) is 29.4 Å². The van der Waals surface area contributed by atoms with Crippen molar-refractivity contribution in [3.63, 3.8) is 0 Å². The number of nitrogens with zero attached hydrogens (tertiary/aromatic N) is 2. The Balaban J connectivity index is 1.49. The van der Waals surface area contributed by atoms with Gasteiger partial charge in [0.25, 0.3) is 0 Å². The van der Waals surface area contributed by atoms with Crippen LogP contribution in [0.2, 0.25) is 0 Å². The van der Waals surface area contributed by atoms with Gasteiger partial charge in [-0.3, -0.25) is 9.59 Å². The molecule has 0 bridgehead atoms. The average Bonchev–Trinajstić information content (AvgIpc) is 3.31. The monoisotopic (exact) mass is 421 g/mol. The first-order valence-corrected chi connectivity index (χ1v) is 9.45. The van der Waals surface area contributed by atoms with Crippen LogP contribution < -0.4 is 10.1 Å². The van der Waals surface area contributed by atoms with Crippen LogP contribution >= 0.6 is 11.3 Å². The minimum Gasteiger partial charge on any atom is -0.406 e. The molecule has 1 aliphatic heterocycles. The Morgan fingerprint density at radius 2 is 2.10 bits per heavy atom. The maximum absolute atomic E-state index is 12.7. The van der Waals surface area contributed by atoms with E-state index in [9.17, 15) is 22.8 Å². The number of aromatic nitrogens is 2. The predicted molar refractivity (Wildman–Crippen MR) is 99.9 cm³/mol. The topological polar surface area (TPSA) is 73.2 Å². The second kappa shape index (κ2) is 7.36. The van der Waals surface area contributed by atoms with E-state index in [1.54, 1.807) is 29.0 Å². The van der Waals surface area contributed by atoms with Crippen LogP contribution in [0.15, 0.2) is 48.8 Å². The van der Waals surface area contributed by atoms with Crippen LogP contribution in [0.3, 0.4) is 0 Å². The van der Waals surface area contributed by atoms with Crippen LogP contribution in [0.25, 0.3) is 10.4 Å². The third kappa shape index (κ3) is 4.16. The Morgan fingerprint density at radius 3 is 2.90 bits per heavy atom. The molecule has 1 aromatic carbocycles. The fourth-order valence-electron chi connectivity index (χ4n) is 3.19. The lowest BCUT2D eigenvalue weighted by Gasteiger charge is -2.24. The predicted octanol–water partition coefficient (Wildman–Crippen LogP) is 4.67. The molecule has 1 atom stereocenters. The summed E-state index contributed by atoms with van der Waals surface area (Å²) in [5, 5.41) is 3.04. The van der Waals surface area contributed by atoms with Gasteiger partial charge in [0.1, 0.15) is 11.8 Å². The van der Waals surface area contributed by atoms with E-state index in [4.69, 9.17) is 0 Å². The van der Waals surface area contributed by atoms with Gasteiger partial charge in [-0.25, -0.2) is 4.98 Å². The van der Waals surface area contributed by atoms with E-state index in [1.165, 1.54) is 24.4 Å².